The lowest BCUT2D eigenvalue weighted by molar-refractivity contribution is 0.144. The van der Waals surface area contributed by atoms with E-state index in [1.807, 2.05) is 11.0 Å². The van der Waals surface area contributed by atoms with E-state index in [0.717, 1.165) is 45.8 Å². The zero-order valence-electron chi connectivity index (χ0n) is 15.9. The molecule has 1 aromatic carbocycles. The Bertz CT molecular complexity index is 581. The monoisotopic (exact) mass is 356 g/mol. The summed E-state index contributed by atoms with van der Waals surface area (Å²) in [5.74, 6) is 0. The van der Waals surface area contributed by atoms with Crippen LogP contribution in [0.15, 0.2) is 36.4 Å². The first-order valence-electron chi connectivity index (χ1n) is 9.97. The maximum Gasteiger partial charge on any atom is 0.317 e. The van der Waals surface area contributed by atoms with Crippen LogP contribution in [0.3, 0.4) is 0 Å². The van der Waals surface area contributed by atoms with Crippen molar-refractivity contribution in [1.82, 2.24) is 20.0 Å². The minimum atomic E-state index is 0.104. The van der Waals surface area contributed by atoms with Crippen LogP contribution in [-0.2, 0) is 0 Å². The van der Waals surface area contributed by atoms with Gasteiger partial charge in [0.1, 0.15) is 0 Å². The zero-order chi connectivity index (χ0) is 18.2. The van der Waals surface area contributed by atoms with Crippen molar-refractivity contribution in [2.45, 2.75) is 25.8 Å². The number of hydrogen-bond acceptors (Lipinski definition) is 3. The first-order valence-corrected chi connectivity index (χ1v) is 9.97. The Balaban J connectivity index is 1.35. The second-order valence-corrected chi connectivity index (χ2v) is 7.21. The van der Waals surface area contributed by atoms with Gasteiger partial charge >= 0.3 is 6.03 Å². The van der Waals surface area contributed by atoms with Crippen LogP contribution in [0, 0.1) is 0 Å². The van der Waals surface area contributed by atoms with Crippen LogP contribution in [-0.4, -0.2) is 79.1 Å². The molecule has 2 fully saturated rings. The Hall–Kier alpha value is -1.85. The van der Waals surface area contributed by atoms with Crippen molar-refractivity contribution in [2.75, 3.05) is 52.4 Å². The van der Waals surface area contributed by atoms with Crippen LogP contribution in [0.2, 0.25) is 0 Å². The number of benzene rings is 1. The smallest absolute Gasteiger partial charge is 0.317 e. The van der Waals surface area contributed by atoms with E-state index in [0.29, 0.717) is 6.04 Å². The van der Waals surface area contributed by atoms with Gasteiger partial charge < -0.3 is 10.2 Å². The third-order valence-electron chi connectivity index (χ3n) is 5.53. The Morgan fingerprint density at radius 1 is 1.15 bits per heavy atom. The fourth-order valence-electron chi connectivity index (χ4n) is 3.90. The predicted octanol–water partition coefficient (Wildman–Crippen LogP) is 2.51. The summed E-state index contributed by atoms with van der Waals surface area (Å²) >= 11 is 0. The molecule has 26 heavy (non-hydrogen) atoms. The zero-order valence-corrected chi connectivity index (χ0v) is 15.9. The summed E-state index contributed by atoms with van der Waals surface area (Å²) in [5, 5.41) is 3.15. The summed E-state index contributed by atoms with van der Waals surface area (Å²) in [4.78, 5) is 19.3. The van der Waals surface area contributed by atoms with Gasteiger partial charge in [0.25, 0.3) is 0 Å². The standard InChI is InChI=1S/C21H32N4O/c1-2-24-13-7-11-20(24)18-22-21(26)25-16-14-23(15-17-25)12-6-10-19-8-4-3-5-9-19/h3-6,8-10,20H,2,7,11-18H2,1H3,(H,22,26)/b10-6+/t20-/m1/s1. The Morgan fingerprint density at radius 3 is 2.65 bits per heavy atom. The molecular weight excluding hydrogens is 324 g/mol. The number of carbonyl (C=O) groups is 1. The molecule has 0 aromatic heterocycles. The molecule has 5 heteroatoms. The topological polar surface area (TPSA) is 38.8 Å². The third-order valence-corrected chi connectivity index (χ3v) is 5.53. The Labute approximate surface area is 157 Å². The highest BCUT2D eigenvalue weighted by Gasteiger charge is 2.25. The molecule has 1 atom stereocenters. The molecule has 2 aliphatic heterocycles. The van der Waals surface area contributed by atoms with Crippen LogP contribution < -0.4 is 5.32 Å². The lowest BCUT2D eigenvalue weighted by Crippen LogP contribution is -2.53. The molecular formula is C21H32N4O. The molecule has 1 aromatic rings. The SMILES string of the molecule is CCN1CCC[C@@H]1CNC(=O)N1CCN(C/C=C/c2ccccc2)CC1. The van der Waals surface area contributed by atoms with Crippen LogP contribution in [0.5, 0.6) is 0 Å². The number of likely N-dealkylation sites (N-methyl/N-ethyl adjacent to an activating group) is 1. The van der Waals surface area contributed by atoms with Gasteiger partial charge in [-0.2, -0.15) is 0 Å². The van der Waals surface area contributed by atoms with Crippen molar-refractivity contribution in [1.29, 1.82) is 0 Å². The van der Waals surface area contributed by atoms with Crippen molar-refractivity contribution < 1.29 is 4.79 Å². The van der Waals surface area contributed by atoms with Gasteiger partial charge in [-0.15, -0.1) is 0 Å². The minimum Gasteiger partial charge on any atom is -0.336 e. The quantitative estimate of drug-likeness (QED) is 0.851. The van der Waals surface area contributed by atoms with Gasteiger partial charge in [-0.25, -0.2) is 4.79 Å². The maximum absolute atomic E-state index is 12.4. The van der Waals surface area contributed by atoms with Gasteiger partial charge in [-0.05, 0) is 31.5 Å². The summed E-state index contributed by atoms with van der Waals surface area (Å²) in [5.41, 5.74) is 1.23. The maximum atomic E-state index is 12.4. The summed E-state index contributed by atoms with van der Waals surface area (Å²) in [6.45, 7) is 9.69. The number of nitrogens with one attached hydrogen (secondary N) is 1. The van der Waals surface area contributed by atoms with Crippen LogP contribution in [0.1, 0.15) is 25.3 Å². The largest absolute Gasteiger partial charge is 0.336 e. The van der Waals surface area contributed by atoms with Crippen molar-refractivity contribution in [3.8, 4) is 0 Å². The molecule has 3 rings (SSSR count). The van der Waals surface area contributed by atoms with Crippen LogP contribution in [0.4, 0.5) is 4.79 Å². The third kappa shape index (κ3) is 5.32. The van der Waals surface area contributed by atoms with Gasteiger partial charge in [0.15, 0.2) is 0 Å². The second-order valence-electron chi connectivity index (χ2n) is 7.21. The molecule has 0 spiro atoms. The lowest BCUT2D eigenvalue weighted by atomic mass is 10.2. The van der Waals surface area contributed by atoms with Gasteiger partial charge in [-0.3, -0.25) is 9.80 Å². The molecule has 2 saturated heterocycles. The fraction of sp³-hybridized carbons (Fsp3) is 0.571. The number of likely N-dealkylation sites (tertiary alicyclic amines) is 1. The normalized spacial score (nSPS) is 22.2. The highest BCUT2D eigenvalue weighted by molar-refractivity contribution is 5.74. The van der Waals surface area contributed by atoms with E-state index < -0.39 is 0 Å². The average Bonchev–Trinajstić information content (AvgIpc) is 3.15. The fourth-order valence-corrected chi connectivity index (χ4v) is 3.90. The molecule has 2 heterocycles. The summed E-state index contributed by atoms with van der Waals surface area (Å²) in [6.07, 6.45) is 6.84. The predicted molar refractivity (Wildman–Crippen MR) is 107 cm³/mol. The van der Waals surface area contributed by atoms with Crippen LogP contribution in [0.25, 0.3) is 6.08 Å². The number of hydrogen-bond donors (Lipinski definition) is 1. The van der Waals surface area contributed by atoms with Gasteiger partial charge in [0, 0.05) is 45.3 Å². The van der Waals surface area contributed by atoms with Crippen LogP contribution >= 0.6 is 0 Å². The van der Waals surface area contributed by atoms with E-state index in [1.165, 1.54) is 24.9 Å². The highest BCUT2D eigenvalue weighted by atomic mass is 16.2. The van der Waals surface area contributed by atoms with Gasteiger partial charge in [0.2, 0.25) is 0 Å². The number of rotatable bonds is 6. The molecule has 0 radical (unpaired) electrons. The summed E-state index contributed by atoms with van der Waals surface area (Å²) in [7, 11) is 0. The molecule has 2 aliphatic rings. The van der Waals surface area contributed by atoms with Gasteiger partial charge in [-0.1, -0.05) is 49.4 Å². The molecule has 5 nitrogen and oxygen atoms in total. The molecule has 142 valence electrons. The highest BCUT2D eigenvalue weighted by Crippen LogP contribution is 2.15. The number of carbonyl (C=O) groups excluding carboxylic acids is 1. The molecule has 2 amide bonds. The molecule has 1 N–H and O–H groups in total. The van der Waals surface area contributed by atoms with Gasteiger partial charge in [0.05, 0.1) is 0 Å². The van der Waals surface area contributed by atoms with E-state index in [9.17, 15) is 4.79 Å². The van der Waals surface area contributed by atoms with Crippen molar-refractivity contribution in [2.24, 2.45) is 0 Å². The first-order chi connectivity index (χ1) is 12.8. The van der Waals surface area contributed by atoms with E-state index in [4.69, 9.17) is 0 Å². The number of urea groups is 1. The van der Waals surface area contributed by atoms with E-state index in [-0.39, 0.29) is 6.03 Å². The molecule has 0 saturated carbocycles. The summed E-state index contributed by atoms with van der Waals surface area (Å²) in [6, 6.07) is 11.0. The van der Waals surface area contributed by atoms with Crippen molar-refractivity contribution >= 4 is 12.1 Å². The van der Waals surface area contributed by atoms with Crippen molar-refractivity contribution in [3.05, 3.63) is 42.0 Å². The second kappa shape index (κ2) is 9.74. The molecule has 0 aliphatic carbocycles. The van der Waals surface area contributed by atoms with E-state index >= 15 is 0 Å². The number of piperazine rings is 1. The number of amides is 2. The summed E-state index contributed by atoms with van der Waals surface area (Å²) < 4.78 is 0. The first kappa shape index (κ1) is 18.9. The van der Waals surface area contributed by atoms with E-state index in [2.05, 4.69) is 58.5 Å². The average molecular weight is 357 g/mol. The minimum absolute atomic E-state index is 0.104. The van der Waals surface area contributed by atoms with Crippen molar-refractivity contribution in [3.63, 3.8) is 0 Å². The number of nitrogens with zero attached hydrogens (tertiary/aromatic N) is 3. The molecule has 0 bridgehead atoms. The lowest BCUT2D eigenvalue weighted by Gasteiger charge is -2.34. The Kier molecular flexibility index (Phi) is 7.09. The Morgan fingerprint density at radius 2 is 1.92 bits per heavy atom. The van der Waals surface area contributed by atoms with E-state index in [1.54, 1.807) is 0 Å². The molecule has 0 unspecified atom stereocenters.